The molecule has 0 aliphatic carbocycles. The Labute approximate surface area is 102 Å². The molecule has 0 aromatic carbocycles. The summed E-state index contributed by atoms with van der Waals surface area (Å²) in [5.74, 6) is 1.08. The number of hydrogen-bond acceptors (Lipinski definition) is 4. The van der Waals surface area contributed by atoms with Gasteiger partial charge in [0.05, 0.1) is 6.07 Å². The van der Waals surface area contributed by atoms with Gasteiger partial charge in [-0.2, -0.15) is 0 Å². The number of nitrogens with one attached hydrogen (secondary N) is 1. The Bertz CT molecular complexity index is 386. The summed E-state index contributed by atoms with van der Waals surface area (Å²) in [5, 5.41) is 0. The second-order valence-electron chi connectivity index (χ2n) is 3.76. The molecule has 1 N–H and O–H groups in total. The van der Waals surface area contributed by atoms with Crippen molar-refractivity contribution in [2.75, 3.05) is 26.2 Å². The normalized spacial score (nSPS) is 10.8. The number of nitrogens with zero attached hydrogens (tertiary/aromatic N) is 2. The zero-order valence-corrected chi connectivity index (χ0v) is 10.8. The Hall–Kier alpha value is -1.36. The van der Waals surface area contributed by atoms with E-state index in [9.17, 15) is 4.79 Å². The van der Waals surface area contributed by atoms with E-state index in [0.29, 0.717) is 24.7 Å². The highest BCUT2D eigenvalue weighted by Crippen LogP contribution is 2.02. The predicted molar refractivity (Wildman–Crippen MR) is 67.5 cm³/mol. The van der Waals surface area contributed by atoms with Crippen LogP contribution in [0.4, 0.5) is 0 Å². The van der Waals surface area contributed by atoms with Gasteiger partial charge < -0.3 is 14.6 Å². The van der Waals surface area contributed by atoms with E-state index in [4.69, 9.17) is 4.74 Å². The number of H-pyrrole nitrogens is 1. The summed E-state index contributed by atoms with van der Waals surface area (Å²) in [6, 6.07) is 1.39. The number of hydrogen-bond donors (Lipinski definition) is 1. The number of rotatable bonds is 7. The van der Waals surface area contributed by atoms with E-state index in [1.54, 1.807) is 0 Å². The minimum absolute atomic E-state index is 0.158. The minimum atomic E-state index is -0.158. The molecule has 0 aliphatic heterocycles. The van der Waals surface area contributed by atoms with Gasteiger partial charge in [-0.05, 0) is 13.1 Å². The molecule has 0 spiro atoms. The van der Waals surface area contributed by atoms with E-state index < -0.39 is 0 Å². The molecule has 96 valence electrons. The first-order valence-corrected chi connectivity index (χ1v) is 6.15. The van der Waals surface area contributed by atoms with Crippen molar-refractivity contribution in [3.05, 3.63) is 22.2 Å². The lowest BCUT2D eigenvalue weighted by Crippen LogP contribution is -2.28. The van der Waals surface area contributed by atoms with Gasteiger partial charge >= 0.3 is 0 Å². The van der Waals surface area contributed by atoms with Gasteiger partial charge in [0.15, 0.2) is 0 Å². The zero-order valence-electron chi connectivity index (χ0n) is 10.8. The largest absolute Gasteiger partial charge is 0.476 e. The van der Waals surface area contributed by atoms with E-state index >= 15 is 0 Å². The van der Waals surface area contributed by atoms with Crippen LogP contribution in [0.15, 0.2) is 10.9 Å². The second-order valence-corrected chi connectivity index (χ2v) is 3.76. The molecule has 1 aromatic heterocycles. The molecule has 0 atom stereocenters. The van der Waals surface area contributed by atoms with Crippen molar-refractivity contribution in [2.24, 2.45) is 0 Å². The molecule has 0 radical (unpaired) electrons. The lowest BCUT2D eigenvalue weighted by Gasteiger charge is -2.17. The van der Waals surface area contributed by atoms with Gasteiger partial charge in [-0.25, -0.2) is 4.98 Å². The van der Waals surface area contributed by atoms with Crippen molar-refractivity contribution in [1.29, 1.82) is 0 Å². The molecule has 1 rings (SSSR count). The van der Waals surface area contributed by atoms with Crippen LogP contribution < -0.4 is 10.3 Å². The van der Waals surface area contributed by atoms with Crippen LogP contribution in [0.2, 0.25) is 0 Å². The monoisotopic (exact) mass is 239 g/mol. The maximum Gasteiger partial charge on any atom is 0.254 e. The van der Waals surface area contributed by atoms with Crippen molar-refractivity contribution in [2.45, 2.75) is 27.2 Å². The van der Waals surface area contributed by atoms with Gasteiger partial charge in [-0.15, -0.1) is 0 Å². The SMILES string of the molecule is CCc1nc(OCCN(CC)CC)cc(=O)[nH]1. The molecule has 1 aromatic rings. The molecule has 0 unspecified atom stereocenters. The topological polar surface area (TPSA) is 58.2 Å². The highest BCUT2D eigenvalue weighted by molar-refractivity contribution is 5.08. The third-order valence-corrected chi connectivity index (χ3v) is 2.65. The molecule has 0 saturated carbocycles. The minimum Gasteiger partial charge on any atom is -0.476 e. The van der Waals surface area contributed by atoms with E-state index in [0.717, 1.165) is 19.6 Å². The van der Waals surface area contributed by atoms with E-state index in [1.807, 2.05) is 6.92 Å². The highest BCUT2D eigenvalue weighted by Gasteiger charge is 2.02. The predicted octanol–water partition coefficient (Wildman–Crippen LogP) is 1.05. The lowest BCUT2D eigenvalue weighted by molar-refractivity contribution is 0.217. The number of ether oxygens (including phenoxy) is 1. The molecule has 1 heterocycles. The Morgan fingerprint density at radius 1 is 1.35 bits per heavy atom. The summed E-state index contributed by atoms with van der Waals surface area (Å²) in [6.45, 7) is 9.59. The third kappa shape index (κ3) is 4.56. The first kappa shape index (κ1) is 13.7. The van der Waals surface area contributed by atoms with Crippen LogP contribution in [-0.2, 0) is 6.42 Å². The summed E-state index contributed by atoms with van der Waals surface area (Å²) in [7, 11) is 0. The van der Waals surface area contributed by atoms with Crippen molar-refractivity contribution in [3.8, 4) is 5.88 Å². The standard InChI is InChI=1S/C12H21N3O2/c1-4-10-13-11(16)9-12(14-10)17-8-7-15(5-2)6-3/h9H,4-8H2,1-3H3,(H,13,14,16). The molecule has 5 heteroatoms. The van der Waals surface area contributed by atoms with Crippen LogP contribution >= 0.6 is 0 Å². The van der Waals surface area contributed by atoms with Gasteiger partial charge in [-0.3, -0.25) is 4.79 Å². The second kappa shape index (κ2) is 7.06. The fourth-order valence-electron chi connectivity index (χ4n) is 1.54. The molecule has 0 amide bonds. The van der Waals surface area contributed by atoms with Crippen molar-refractivity contribution in [1.82, 2.24) is 14.9 Å². The van der Waals surface area contributed by atoms with Crippen LogP contribution in [0.1, 0.15) is 26.6 Å². The number of aromatic nitrogens is 2. The molecule has 5 nitrogen and oxygen atoms in total. The average Bonchev–Trinajstić information content (AvgIpc) is 2.34. The van der Waals surface area contributed by atoms with E-state index in [-0.39, 0.29) is 5.56 Å². The Kier molecular flexibility index (Phi) is 5.69. The van der Waals surface area contributed by atoms with Crippen LogP contribution in [0.25, 0.3) is 0 Å². The molecule has 17 heavy (non-hydrogen) atoms. The van der Waals surface area contributed by atoms with Crippen LogP contribution in [-0.4, -0.2) is 41.1 Å². The average molecular weight is 239 g/mol. The Morgan fingerprint density at radius 2 is 2.06 bits per heavy atom. The number of aromatic amines is 1. The quantitative estimate of drug-likeness (QED) is 0.772. The molecule has 0 bridgehead atoms. The molecule has 0 aliphatic rings. The Balaban J connectivity index is 2.51. The summed E-state index contributed by atoms with van der Waals surface area (Å²) < 4.78 is 5.49. The summed E-state index contributed by atoms with van der Waals surface area (Å²) in [6.07, 6.45) is 0.697. The first-order valence-electron chi connectivity index (χ1n) is 6.15. The van der Waals surface area contributed by atoms with E-state index in [1.165, 1.54) is 6.07 Å². The van der Waals surface area contributed by atoms with Gasteiger partial charge in [0, 0.05) is 13.0 Å². The number of likely N-dealkylation sites (N-methyl/N-ethyl adjacent to an activating group) is 1. The maximum absolute atomic E-state index is 11.3. The van der Waals surface area contributed by atoms with Crippen LogP contribution in [0.3, 0.4) is 0 Å². The van der Waals surface area contributed by atoms with Crippen LogP contribution in [0.5, 0.6) is 5.88 Å². The molecular formula is C12H21N3O2. The van der Waals surface area contributed by atoms with Crippen molar-refractivity contribution in [3.63, 3.8) is 0 Å². The first-order chi connectivity index (χ1) is 8.19. The fraction of sp³-hybridized carbons (Fsp3) is 0.667. The zero-order chi connectivity index (χ0) is 12.7. The highest BCUT2D eigenvalue weighted by atomic mass is 16.5. The summed E-state index contributed by atoms with van der Waals surface area (Å²) >= 11 is 0. The Morgan fingerprint density at radius 3 is 2.65 bits per heavy atom. The fourth-order valence-corrected chi connectivity index (χ4v) is 1.54. The van der Waals surface area contributed by atoms with E-state index in [2.05, 4.69) is 28.7 Å². The maximum atomic E-state index is 11.3. The van der Waals surface area contributed by atoms with Crippen LogP contribution in [0, 0.1) is 0 Å². The summed E-state index contributed by atoms with van der Waals surface area (Å²) in [5.41, 5.74) is -0.158. The smallest absolute Gasteiger partial charge is 0.254 e. The van der Waals surface area contributed by atoms with Gasteiger partial charge in [0.2, 0.25) is 5.88 Å². The number of aryl methyl sites for hydroxylation is 1. The summed E-state index contributed by atoms with van der Waals surface area (Å²) in [4.78, 5) is 20.4. The van der Waals surface area contributed by atoms with Gasteiger partial charge in [0.25, 0.3) is 5.56 Å². The van der Waals surface area contributed by atoms with Gasteiger partial charge in [0.1, 0.15) is 12.4 Å². The third-order valence-electron chi connectivity index (χ3n) is 2.65. The molecular weight excluding hydrogens is 218 g/mol. The molecule has 0 saturated heterocycles. The molecule has 0 fully saturated rings. The van der Waals surface area contributed by atoms with Crippen molar-refractivity contribution >= 4 is 0 Å². The van der Waals surface area contributed by atoms with Gasteiger partial charge in [-0.1, -0.05) is 20.8 Å². The van der Waals surface area contributed by atoms with Crippen molar-refractivity contribution < 1.29 is 4.74 Å². The lowest BCUT2D eigenvalue weighted by atomic mass is 10.4.